The number of hydrogen-bond acceptors (Lipinski definition) is 8. The van der Waals surface area contributed by atoms with Crippen LogP contribution >= 0.6 is 7.82 Å². The fraction of sp³-hybridized carbons (Fsp3) is 0.942. The van der Waals surface area contributed by atoms with Crippen LogP contribution in [0.3, 0.4) is 0 Å². The number of aliphatic hydroxyl groups excluding tert-OH is 1. The van der Waals surface area contributed by atoms with Gasteiger partial charge in [0.1, 0.15) is 12.7 Å². The van der Waals surface area contributed by atoms with Crippen LogP contribution in [0.4, 0.5) is 0 Å². The van der Waals surface area contributed by atoms with E-state index in [0.717, 1.165) is 38.5 Å². The number of aliphatic hydroxyl groups is 1. The number of carbonyl (C=O) groups is 3. The Kier molecular flexibility index (Phi) is 46.8. The first kappa shape index (κ1) is 62.5. The van der Waals surface area contributed by atoms with Crippen LogP contribution < -0.4 is 5.32 Å². The molecule has 0 heterocycles. The lowest BCUT2D eigenvalue weighted by Crippen LogP contribution is -2.43. The quantitative estimate of drug-likeness (QED) is 0.0262. The summed E-state index contributed by atoms with van der Waals surface area (Å²) in [5.74, 6) is -2.34. The molecule has 0 rings (SSSR count). The van der Waals surface area contributed by atoms with E-state index in [2.05, 4.69) is 19.2 Å². The highest BCUT2D eigenvalue weighted by Crippen LogP contribution is 2.43. The Balaban J connectivity index is 3.72. The first-order chi connectivity index (χ1) is 31.1. The standard InChI is InChI=1S/C52H102NO10P/c1-3-5-7-9-11-13-15-17-19-21-22-23-24-25-26-27-28-30-32-34-36-38-40-42-44-51(56)61-45-48(54)46-62-64(59,60)63-47-49(52(57)58)53-50(55)43-41-39-37-35-33-31-29-20-18-16-14-12-10-8-6-4-2/h48-49,54H,3-47H2,1-2H3,(H,53,55)(H,57,58)(H,59,60). The monoisotopic (exact) mass is 932 g/mol. The lowest BCUT2D eigenvalue weighted by Gasteiger charge is -2.18. The van der Waals surface area contributed by atoms with Gasteiger partial charge in [-0.05, 0) is 12.8 Å². The third-order valence-electron chi connectivity index (χ3n) is 12.4. The number of nitrogens with one attached hydrogen (secondary N) is 1. The Morgan fingerprint density at radius 1 is 0.438 bits per heavy atom. The predicted molar refractivity (Wildman–Crippen MR) is 264 cm³/mol. The smallest absolute Gasteiger partial charge is 0.472 e. The highest BCUT2D eigenvalue weighted by atomic mass is 31.2. The summed E-state index contributed by atoms with van der Waals surface area (Å²) >= 11 is 0. The zero-order valence-electron chi connectivity index (χ0n) is 41.6. The van der Waals surface area contributed by atoms with Crippen molar-refractivity contribution >= 4 is 25.7 Å². The van der Waals surface area contributed by atoms with E-state index in [9.17, 15) is 34.1 Å². The average Bonchev–Trinajstić information content (AvgIpc) is 3.27. The summed E-state index contributed by atoms with van der Waals surface area (Å²) in [6, 6.07) is -1.54. The molecule has 0 aromatic heterocycles. The van der Waals surface area contributed by atoms with Crippen molar-refractivity contribution in [3.8, 4) is 0 Å². The maximum atomic E-state index is 12.3. The highest BCUT2D eigenvalue weighted by molar-refractivity contribution is 7.47. The number of aliphatic carboxylic acids is 1. The van der Waals surface area contributed by atoms with Gasteiger partial charge in [0.15, 0.2) is 6.04 Å². The van der Waals surface area contributed by atoms with Crippen LogP contribution in [-0.2, 0) is 32.7 Å². The highest BCUT2D eigenvalue weighted by Gasteiger charge is 2.28. The van der Waals surface area contributed by atoms with Crippen molar-refractivity contribution in [1.29, 1.82) is 0 Å². The van der Waals surface area contributed by atoms with Crippen LogP contribution in [0.2, 0.25) is 0 Å². The maximum absolute atomic E-state index is 12.3. The number of phosphoric acid groups is 1. The Hall–Kier alpha value is -1.52. The topological polar surface area (TPSA) is 169 Å². The molecule has 0 aliphatic rings. The molecule has 3 unspecified atom stereocenters. The molecule has 0 aromatic rings. The second kappa shape index (κ2) is 48.0. The molecule has 4 N–H and O–H groups in total. The van der Waals surface area contributed by atoms with Crippen molar-refractivity contribution in [3.63, 3.8) is 0 Å². The number of hydrogen-bond donors (Lipinski definition) is 4. The van der Waals surface area contributed by atoms with Gasteiger partial charge in [-0.3, -0.25) is 18.6 Å². The minimum atomic E-state index is -4.75. The second-order valence-corrected chi connectivity index (χ2v) is 20.2. The summed E-state index contributed by atoms with van der Waals surface area (Å²) in [4.78, 5) is 46.1. The number of phosphoric ester groups is 1. The third-order valence-corrected chi connectivity index (χ3v) is 13.3. The molecule has 0 bridgehead atoms. The van der Waals surface area contributed by atoms with Crippen molar-refractivity contribution in [2.24, 2.45) is 0 Å². The minimum absolute atomic E-state index is 0.153. The fourth-order valence-corrected chi connectivity index (χ4v) is 8.97. The van der Waals surface area contributed by atoms with Gasteiger partial charge in [-0.25, -0.2) is 9.36 Å². The Morgan fingerprint density at radius 3 is 1.03 bits per heavy atom. The molecule has 0 saturated heterocycles. The van der Waals surface area contributed by atoms with E-state index in [1.165, 1.54) is 205 Å². The normalized spacial score (nSPS) is 13.4. The van der Waals surface area contributed by atoms with Gasteiger partial charge in [0, 0.05) is 12.8 Å². The lowest BCUT2D eigenvalue weighted by molar-refractivity contribution is -0.147. The van der Waals surface area contributed by atoms with E-state index in [4.69, 9.17) is 13.8 Å². The zero-order chi connectivity index (χ0) is 47.0. The molecule has 3 atom stereocenters. The van der Waals surface area contributed by atoms with Crippen LogP contribution in [0, 0.1) is 0 Å². The number of esters is 1. The minimum Gasteiger partial charge on any atom is -0.480 e. The molecule has 0 aliphatic heterocycles. The zero-order valence-corrected chi connectivity index (χ0v) is 42.5. The van der Waals surface area contributed by atoms with Gasteiger partial charge >= 0.3 is 19.8 Å². The maximum Gasteiger partial charge on any atom is 0.472 e. The van der Waals surface area contributed by atoms with E-state index < -0.39 is 57.6 Å². The van der Waals surface area contributed by atoms with Gasteiger partial charge < -0.3 is 25.2 Å². The number of ether oxygens (including phenoxy) is 1. The second-order valence-electron chi connectivity index (χ2n) is 18.8. The average molecular weight is 932 g/mol. The first-order valence-corrected chi connectivity index (χ1v) is 28.6. The van der Waals surface area contributed by atoms with Crippen LogP contribution in [0.5, 0.6) is 0 Å². The Bertz CT molecular complexity index is 1090. The van der Waals surface area contributed by atoms with E-state index in [1.807, 2.05) is 0 Å². The number of amides is 1. The molecule has 0 spiro atoms. The van der Waals surface area contributed by atoms with Gasteiger partial charge in [0.05, 0.1) is 13.2 Å². The molecule has 0 aliphatic carbocycles. The summed E-state index contributed by atoms with van der Waals surface area (Å²) < 4.78 is 27.0. The van der Waals surface area contributed by atoms with Gasteiger partial charge in [0.2, 0.25) is 5.91 Å². The SMILES string of the molecule is CCCCCCCCCCCCCCCCCCCCCCCCCCC(=O)OCC(O)COP(=O)(O)OCC(NC(=O)CCCCCCCCCCCCCCCCCC)C(=O)O. The van der Waals surface area contributed by atoms with E-state index >= 15 is 0 Å². The van der Waals surface area contributed by atoms with Gasteiger partial charge in [-0.1, -0.05) is 258 Å². The van der Waals surface area contributed by atoms with E-state index in [0.29, 0.717) is 12.8 Å². The van der Waals surface area contributed by atoms with Crippen molar-refractivity contribution in [3.05, 3.63) is 0 Å². The van der Waals surface area contributed by atoms with Gasteiger partial charge in [0.25, 0.3) is 0 Å². The van der Waals surface area contributed by atoms with Gasteiger partial charge in [-0.15, -0.1) is 0 Å². The van der Waals surface area contributed by atoms with Crippen LogP contribution in [-0.4, -0.2) is 64.9 Å². The van der Waals surface area contributed by atoms with Crippen LogP contribution in [0.1, 0.15) is 284 Å². The summed E-state index contributed by atoms with van der Waals surface area (Å²) in [5, 5.41) is 21.9. The van der Waals surface area contributed by atoms with Gasteiger partial charge in [-0.2, -0.15) is 0 Å². The fourth-order valence-electron chi connectivity index (χ4n) is 8.20. The number of rotatable bonds is 52. The molecule has 1 amide bonds. The van der Waals surface area contributed by atoms with Crippen LogP contribution in [0.15, 0.2) is 0 Å². The number of unbranched alkanes of at least 4 members (excludes halogenated alkanes) is 38. The molecular weight excluding hydrogens is 830 g/mol. The number of carbonyl (C=O) groups excluding carboxylic acids is 2. The van der Waals surface area contributed by atoms with E-state index in [-0.39, 0.29) is 12.8 Å². The molecular formula is C52H102NO10P. The first-order valence-electron chi connectivity index (χ1n) is 27.1. The largest absolute Gasteiger partial charge is 0.480 e. The number of carboxylic acid groups (broad SMARTS) is 1. The molecule has 64 heavy (non-hydrogen) atoms. The van der Waals surface area contributed by atoms with Crippen molar-refractivity contribution < 1.29 is 47.8 Å². The summed E-state index contributed by atoms with van der Waals surface area (Å²) in [6.45, 7) is 2.66. The summed E-state index contributed by atoms with van der Waals surface area (Å²) in [5.41, 5.74) is 0. The van der Waals surface area contributed by atoms with Crippen molar-refractivity contribution in [2.45, 2.75) is 296 Å². The summed E-state index contributed by atoms with van der Waals surface area (Å²) in [7, 11) is -4.75. The van der Waals surface area contributed by atoms with Crippen LogP contribution in [0.25, 0.3) is 0 Å². The third kappa shape index (κ3) is 47.0. The van der Waals surface area contributed by atoms with E-state index in [1.54, 1.807) is 0 Å². The Morgan fingerprint density at radius 2 is 0.719 bits per heavy atom. The van der Waals surface area contributed by atoms with Crippen molar-refractivity contribution in [1.82, 2.24) is 5.32 Å². The predicted octanol–water partition coefficient (Wildman–Crippen LogP) is 15.0. The van der Waals surface area contributed by atoms with Crippen molar-refractivity contribution in [2.75, 3.05) is 19.8 Å². The Labute approximate surface area is 393 Å². The molecule has 0 fully saturated rings. The molecule has 0 aromatic carbocycles. The molecule has 12 heteroatoms. The number of carboxylic acids is 1. The molecule has 380 valence electrons. The molecule has 11 nitrogen and oxygen atoms in total. The molecule has 0 saturated carbocycles. The lowest BCUT2D eigenvalue weighted by atomic mass is 10.0. The molecule has 0 radical (unpaired) electrons. The summed E-state index contributed by atoms with van der Waals surface area (Å²) in [6.07, 6.45) is 49.9.